The fraction of sp³-hybridized carbons (Fsp3) is 0.346. The molecule has 0 atom stereocenters. The molecule has 0 N–H and O–H groups in total. The van der Waals surface area contributed by atoms with Crippen LogP contribution in [-0.4, -0.2) is 75.6 Å². The first kappa shape index (κ1) is 25.6. The fourth-order valence-corrected chi connectivity index (χ4v) is 4.66. The molecule has 36 heavy (non-hydrogen) atoms. The standard InChI is InChI=1S/C26H29N3O6S/c1-4-34-22-15-18(5-10-21(22)35-17-24(30)32-3)16-23-25(31)28(2)26(36-23)27-19-6-8-20(9-7-19)29-11-13-33-14-12-29/h5-10,15-16H,4,11-14,17H2,1-3H3/b23-16-,27-26?. The number of anilines is 1. The van der Waals surface area contributed by atoms with Crippen molar-refractivity contribution < 1.29 is 28.5 Å². The van der Waals surface area contributed by atoms with Crippen LogP contribution in [0, 0.1) is 0 Å². The zero-order valence-corrected chi connectivity index (χ0v) is 21.4. The zero-order chi connectivity index (χ0) is 25.5. The molecule has 0 radical (unpaired) electrons. The number of likely N-dealkylation sites (N-methyl/N-ethyl adjacent to an activating group) is 1. The lowest BCUT2D eigenvalue weighted by molar-refractivity contribution is -0.142. The summed E-state index contributed by atoms with van der Waals surface area (Å²) >= 11 is 1.32. The van der Waals surface area contributed by atoms with Gasteiger partial charge in [-0.2, -0.15) is 0 Å². The van der Waals surface area contributed by atoms with Crippen molar-refractivity contribution in [2.24, 2.45) is 4.99 Å². The van der Waals surface area contributed by atoms with Crippen molar-refractivity contribution in [3.05, 3.63) is 52.9 Å². The summed E-state index contributed by atoms with van der Waals surface area (Å²) in [5.74, 6) is 0.290. The molecular weight excluding hydrogens is 482 g/mol. The van der Waals surface area contributed by atoms with Crippen LogP contribution in [0.2, 0.25) is 0 Å². The summed E-state index contributed by atoms with van der Waals surface area (Å²) in [7, 11) is 3.02. The Balaban J connectivity index is 1.49. The number of carbonyl (C=O) groups is 2. The number of hydrogen-bond donors (Lipinski definition) is 0. The van der Waals surface area contributed by atoms with Crippen LogP contribution < -0.4 is 14.4 Å². The van der Waals surface area contributed by atoms with Crippen molar-refractivity contribution in [3.8, 4) is 11.5 Å². The largest absolute Gasteiger partial charge is 0.490 e. The maximum Gasteiger partial charge on any atom is 0.343 e. The molecule has 10 heteroatoms. The lowest BCUT2D eigenvalue weighted by atomic mass is 10.2. The molecule has 2 saturated heterocycles. The van der Waals surface area contributed by atoms with Gasteiger partial charge >= 0.3 is 5.97 Å². The topological polar surface area (TPSA) is 89.9 Å². The number of aliphatic imine (C=N–C) groups is 1. The molecule has 2 heterocycles. The fourth-order valence-electron chi connectivity index (χ4n) is 3.67. The van der Waals surface area contributed by atoms with E-state index in [0.29, 0.717) is 28.2 Å². The maximum atomic E-state index is 12.9. The average Bonchev–Trinajstić information content (AvgIpc) is 3.16. The van der Waals surface area contributed by atoms with Crippen molar-refractivity contribution in [1.82, 2.24) is 4.90 Å². The second-order valence-corrected chi connectivity index (χ2v) is 9.00. The zero-order valence-electron chi connectivity index (χ0n) is 20.6. The van der Waals surface area contributed by atoms with Crippen molar-refractivity contribution in [2.75, 3.05) is 58.6 Å². The van der Waals surface area contributed by atoms with Crippen molar-refractivity contribution in [2.45, 2.75) is 6.92 Å². The molecule has 0 saturated carbocycles. The SMILES string of the molecule is CCOc1cc(/C=C2\SC(=Nc3ccc(N4CCOCC4)cc3)N(C)C2=O)ccc1OCC(=O)OC. The average molecular weight is 512 g/mol. The van der Waals surface area contributed by atoms with E-state index < -0.39 is 5.97 Å². The summed E-state index contributed by atoms with van der Waals surface area (Å²) in [4.78, 5) is 33.4. The molecule has 4 rings (SSSR count). The molecule has 2 aliphatic heterocycles. The van der Waals surface area contributed by atoms with E-state index in [4.69, 9.17) is 14.2 Å². The van der Waals surface area contributed by atoms with Crippen molar-refractivity contribution in [3.63, 3.8) is 0 Å². The Morgan fingerprint density at radius 2 is 1.86 bits per heavy atom. The number of nitrogens with zero attached hydrogens (tertiary/aromatic N) is 3. The molecule has 0 aromatic heterocycles. The van der Waals surface area contributed by atoms with E-state index in [1.54, 1.807) is 36.2 Å². The Morgan fingerprint density at radius 3 is 2.56 bits per heavy atom. The van der Waals surface area contributed by atoms with Gasteiger partial charge in [-0.1, -0.05) is 6.07 Å². The highest BCUT2D eigenvalue weighted by atomic mass is 32.2. The predicted octanol–water partition coefficient (Wildman–Crippen LogP) is 3.71. The van der Waals surface area contributed by atoms with Crippen LogP contribution in [0.15, 0.2) is 52.4 Å². The van der Waals surface area contributed by atoms with Gasteiger partial charge in [-0.05, 0) is 66.7 Å². The third-order valence-corrected chi connectivity index (χ3v) is 6.65. The van der Waals surface area contributed by atoms with Gasteiger partial charge < -0.3 is 23.8 Å². The number of esters is 1. The van der Waals surface area contributed by atoms with E-state index >= 15 is 0 Å². The number of thioether (sulfide) groups is 1. The normalized spacial score (nSPS) is 18.1. The molecule has 9 nitrogen and oxygen atoms in total. The Kier molecular flexibility index (Phi) is 8.50. The highest BCUT2D eigenvalue weighted by Gasteiger charge is 2.30. The lowest BCUT2D eigenvalue weighted by Gasteiger charge is -2.28. The number of amidine groups is 1. The van der Waals surface area contributed by atoms with Gasteiger partial charge in [0, 0.05) is 25.8 Å². The summed E-state index contributed by atoms with van der Waals surface area (Å²) in [5, 5.41) is 0.605. The maximum absolute atomic E-state index is 12.9. The van der Waals surface area contributed by atoms with Gasteiger partial charge in [-0.3, -0.25) is 9.69 Å². The van der Waals surface area contributed by atoms with Gasteiger partial charge in [0.05, 0.1) is 37.5 Å². The molecule has 2 aromatic carbocycles. The van der Waals surface area contributed by atoms with Crippen LogP contribution in [0.4, 0.5) is 11.4 Å². The number of ether oxygens (including phenoxy) is 4. The van der Waals surface area contributed by atoms with Gasteiger partial charge in [-0.15, -0.1) is 0 Å². The van der Waals surface area contributed by atoms with Crippen LogP contribution in [0.5, 0.6) is 11.5 Å². The Labute approximate surface area is 214 Å². The third kappa shape index (κ3) is 6.19. The van der Waals surface area contributed by atoms with E-state index in [9.17, 15) is 9.59 Å². The van der Waals surface area contributed by atoms with Crippen LogP contribution in [0.25, 0.3) is 6.08 Å². The van der Waals surface area contributed by atoms with Gasteiger partial charge in [0.25, 0.3) is 5.91 Å². The summed E-state index contributed by atoms with van der Waals surface area (Å²) in [6.07, 6.45) is 1.79. The van der Waals surface area contributed by atoms with Crippen LogP contribution >= 0.6 is 11.8 Å². The molecule has 0 unspecified atom stereocenters. The molecule has 0 spiro atoms. The summed E-state index contributed by atoms with van der Waals surface area (Å²) in [5.41, 5.74) is 2.68. The van der Waals surface area contributed by atoms with Gasteiger partial charge in [-0.25, -0.2) is 9.79 Å². The summed E-state index contributed by atoms with van der Waals surface area (Å²) < 4.78 is 21.2. The second kappa shape index (κ2) is 12.0. The number of carbonyl (C=O) groups excluding carboxylic acids is 2. The minimum Gasteiger partial charge on any atom is -0.490 e. The number of hydrogen-bond acceptors (Lipinski definition) is 9. The Bertz CT molecular complexity index is 1160. The monoisotopic (exact) mass is 511 g/mol. The molecule has 2 aromatic rings. The van der Waals surface area contributed by atoms with Gasteiger partial charge in [0.1, 0.15) is 0 Å². The van der Waals surface area contributed by atoms with E-state index in [2.05, 4.69) is 14.6 Å². The second-order valence-electron chi connectivity index (χ2n) is 7.99. The highest BCUT2D eigenvalue weighted by molar-refractivity contribution is 8.18. The lowest BCUT2D eigenvalue weighted by Crippen LogP contribution is -2.36. The molecule has 0 bridgehead atoms. The number of rotatable bonds is 8. The van der Waals surface area contributed by atoms with Crippen LogP contribution in [0.1, 0.15) is 12.5 Å². The highest BCUT2D eigenvalue weighted by Crippen LogP contribution is 2.35. The quantitative estimate of drug-likeness (QED) is 0.392. The van der Waals surface area contributed by atoms with E-state index in [1.807, 2.05) is 31.2 Å². The first-order valence-electron chi connectivity index (χ1n) is 11.6. The van der Waals surface area contributed by atoms with Gasteiger partial charge in [0.2, 0.25) is 0 Å². The predicted molar refractivity (Wildman–Crippen MR) is 140 cm³/mol. The van der Waals surface area contributed by atoms with Crippen molar-refractivity contribution in [1.29, 1.82) is 0 Å². The Morgan fingerprint density at radius 1 is 1.11 bits per heavy atom. The molecule has 190 valence electrons. The molecule has 0 aliphatic carbocycles. The first-order valence-corrected chi connectivity index (χ1v) is 12.5. The van der Waals surface area contributed by atoms with E-state index in [-0.39, 0.29) is 12.5 Å². The van der Waals surface area contributed by atoms with Crippen LogP contribution in [-0.2, 0) is 19.1 Å². The molecule has 2 fully saturated rings. The first-order chi connectivity index (χ1) is 17.5. The molecular formula is C26H29N3O6S. The Hall–Kier alpha value is -3.50. The van der Waals surface area contributed by atoms with Crippen LogP contribution in [0.3, 0.4) is 0 Å². The third-order valence-electron chi connectivity index (χ3n) is 5.59. The number of methoxy groups -OCH3 is 1. The molecule has 1 amide bonds. The van der Waals surface area contributed by atoms with E-state index in [0.717, 1.165) is 43.2 Å². The number of amides is 1. The summed E-state index contributed by atoms with van der Waals surface area (Å²) in [6, 6.07) is 13.3. The van der Waals surface area contributed by atoms with E-state index in [1.165, 1.54) is 18.9 Å². The minimum atomic E-state index is -0.484. The smallest absolute Gasteiger partial charge is 0.343 e. The minimum absolute atomic E-state index is 0.132. The number of benzene rings is 2. The van der Waals surface area contributed by atoms with Crippen molar-refractivity contribution >= 4 is 46.3 Å². The van der Waals surface area contributed by atoms with Gasteiger partial charge in [0.15, 0.2) is 23.3 Å². The molecule has 2 aliphatic rings. The number of morpholine rings is 1. The summed E-state index contributed by atoms with van der Waals surface area (Å²) in [6.45, 7) is 5.28.